The van der Waals surface area contributed by atoms with Crippen LogP contribution in [0.25, 0.3) is 0 Å². The molecule has 0 radical (unpaired) electrons. The zero-order valence-corrected chi connectivity index (χ0v) is 33.7. The van der Waals surface area contributed by atoms with Gasteiger partial charge >= 0.3 is 5.69 Å². The van der Waals surface area contributed by atoms with Gasteiger partial charge in [0.25, 0.3) is 12.0 Å². The lowest BCUT2D eigenvalue weighted by Gasteiger charge is -2.24. The molecule has 0 aliphatic carbocycles. The highest BCUT2D eigenvalue weighted by atomic mass is 16.8. The summed E-state index contributed by atoms with van der Waals surface area (Å²) < 4.78 is 26.2. The number of ether oxygens (including phenoxy) is 4. The zero-order valence-electron chi connectivity index (χ0n) is 33.7. The number of nitrogens with one attached hydrogen (secondary N) is 1. The van der Waals surface area contributed by atoms with Crippen LogP contribution in [0.2, 0.25) is 0 Å². The van der Waals surface area contributed by atoms with E-state index >= 15 is 0 Å². The van der Waals surface area contributed by atoms with Crippen molar-refractivity contribution in [2.24, 2.45) is 0 Å². The molecule has 1 N–H and O–H groups in total. The van der Waals surface area contributed by atoms with Crippen molar-refractivity contribution < 1.29 is 18.9 Å². The van der Waals surface area contributed by atoms with Crippen LogP contribution in [0, 0.1) is 6.92 Å². The van der Waals surface area contributed by atoms with E-state index in [2.05, 4.69) is 18.8 Å². The van der Waals surface area contributed by atoms with Crippen LogP contribution in [0.4, 0.5) is 0 Å². The molecule has 1 fully saturated rings. The van der Waals surface area contributed by atoms with Gasteiger partial charge < -0.3 is 18.9 Å². The summed E-state index contributed by atoms with van der Waals surface area (Å²) in [6.45, 7) is 8.65. The SMILES string of the molecule is CCCCCCCCCCCCCCCCOC(OCCCCCCCCCCCCCCCC)O[C@H]1C[C@H](n2cc(C)c(=O)[nH]c2=O)O[C@@H]1C. The molecule has 0 aromatic carbocycles. The number of H-pyrrole nitrogens is 1. The average molecular weight is 721 g/mol. The normalized spacial score (nSPS) is 17.6. The molecule has 0 bridgehead atoms. The molecule has 8 nitrogen and oxygen atoms in total. The first kappa shape index (κ1) is 45.7. The predicted octanol–water partition coefficient (Wildman–Crippen LogP) is 11.8. The number of aryl methyl sites for hydroxylation is 1. The second-order valence-electron chi connectivity index (χ2n) is 15.4. The summed E-state index contributed by atoms with van der Waals surface area (Å²) in [6, 6.07) is 0. The summed E-state index contributed by atoms with van der Waals surface area (Å²) in [5.41, 5.74) is -0.367. The zero-order chi connectivity index (χ0) is 36.8. The number of hydrogen-bond donors (Lipinski definition) is 1. The highest BCUT2D eigenvalue weighted by molar-refractivity contribution is 5.02. The molecule has 1 saturated heterocycles. The molecular formula is C43H80N2O6. The van der Waals surface area contributed by atoms with Crippen molar-refractivity contribution in [2.45, 2.75) is 239 Å². The molecule has 1 aliphatic rings. The van der Waals surface area contributed by atoms with Crippen LogP contribution in [0.1, 0.15) is 219 Å². The van der Waals surface area contributed by atoms with E-state index in [0.29, 0.717) is 25.2 Å². The second kappa shape index (κ2) is 30.9. The van der Waals surface area contributed by atoms with Gasteiger partial charge in [0.15, 0.2) is 0 Å². The molecule has 3 atom stereocenters. The molecule has 0 amide bonds. The standard InChI is InChI=1S/C43H80N2O6/c1-5-7-9-11-13-15-17-19-21-23-25-27-29-31-33-48-43(49-34-32-30-28-26-24-22-20-18-16-14-12-10-8-6-2)51-39-35-40(50-38(39)4)45-36-37(3)41(46)44-42(45)47/h36,38-40,43H,5-35H2,1-4H3,(H,44,46,47)/t38-,39+,40-/m1/s1. The van der Waals surface area contributed by atoms with Gasteiger partial charge in [0, 0.05) is 18.2 Å². The van der Waals surface area contributed by atoms with E-state index in [4.69, 9.17) is 18.9 Å². The topological polar surface area (TPSA) is 91.8 Å². The van der Waals surface area contributed by atoms with Gasteiger partial charge in [0.2, 0.25) is 0 Å². The second-order valence-corrected chi connectivity index (χ2v) is 15.4. The van der Waals surface area contributed by atoms with Crippen molar-refractivity contribution in [3.8, 4) is 0 Å². The number of nitrogens with zero attached hydrogens (tertiary/aromatic N) is 1. The summed E-state index contributed by atoms with van der Waals surface area (Å²) in [7, 11) is 0. The smallest absolute Gasteiger partial charge is 0.330 e. The summed E-state index contributed by atoms with van der Waals surface area (Å²) in [6.07, 6.45) is 38.1. The molecule has 2 heterocycles. The van der Waals surface area contributed by atoms with Crippen LogP contribution in [-0.2, 0) is 18.9 Å². The van der Waals surface area contributed by atoms with Gasteiger partial charge in [-0.1, -0.05) is 181 Å². The van der Waals surface area contributed by atoms with Gasteiger partial charge in [-0.25, -0.2) is 4.79 Å². The lowest BCUT2D eigenvalue weighted by Crippen LogP contribution is -2.33. The maximum Gasteiger partial charge on any atom is 0.330 e. The van der Waals surface area contributed by atoms with Gasteiger partial charge in [0.05, 0.1) is 25.4 Å². The number of rotatable bonds is 35. The maximum atomic E-state index is 12.5. The molecule has 2 rings (SSSR count). The predicted molar refractivity (Wildman–Crippen MR) is 211 cm³/mol. The van der Waals surface area contributed by atoms with Crippen LogP contribution in [0.5, 0.6) is 0 Å². The van der Waals surface area contributed by atoms with Crippen molar-refractivity contribution >= 4 is 0 Å². The quantitative estimate of drug-likeness (QED) is 0.0554. The van der Waals surface area contributed by atoms with E-state index < -0.39 is 18.4 Å². The van der Waals surface area contributed by atoms with Crippen molar-refractivity contribution in [3.05, 3.63) is 32.6 Å². The Bertz CT molecular complexity index is 1020. The van der Waals surface area contributed by atoms with Crippen LogP contribution in [-0.4, -0.2) is 41.4 Å². The maximum absolute atomic E-state index is 12.5. The van der Waals surface area contributed by atoms with Crippen molar-refractivity contribution in [3.63, 3.8) is 0 Å². The van der Waals surface area contributed by atoms with E-state index in [1.807, 2.05) is 6.92 Å². The Morgan fingerprint density at radius 1 is 0.647 bits per heavy atom. The Morgan fingerprint density at radius 2 is 1.02 bits per heavy atom. The Hall–Kier alpha value is -1.48. The number of aromatic nitrogens is 2. The Kier molecular flexibility index (Phi) is 27.7. The summed E-state index contributed by atoms with van der Waals surface area (Å²) in [5.74, 6) is 0. The number of unbranched alkanes of at least 4 members (excludes halogenated alkanes) is 26. The summed E-state index contributed by atoms with van der Waals surface area (Å²) >= 11 is 0. The third-order valence-corrected chi connectivity index (χ3v) is 10.6. The Labute approximate surface area is 312 Å². The number of aromatic amines is 1. The Balaban J connectivity index is 1.65. The van der Waals surface area contributed by atoms with E-state index in [1.54, 1.807) is 13.1 Å². The van der Waals surface area contributed by atoms with Crippen molar-refractivity contribution in [2.75, 3.05) is 13.2 Å². The van der Waals surface area contributed by atoms with E-state index in [0.717, 1.165) is 25.7 Å². The Morgan fingerprint density at radius 3 is 1.41 bits per heavy atom. The highest BCUT2D eigenvalue weighted by Crippen LogP contribution is 2.31. The number of hydrogen-bond acceptors (Lipinski definition) is 6. The molecule has 298 valence electrons. The van der Waals surface area contributed by atoms with Gasteiger partial charge in [-0.2, -0.15) is 0 Å². The largest absolute Gasteiger partial charge is 0.352 e. The van der Waals surface area contributed by atoms with Gasteiger partial charge in [-0.3, -0.25) is 14.3 Å². The minimum absolute atomic E-state index is 0.244. The van der Waals surface area contributed by atoms with Gasteiger partial charge in [0.1, 0.15) is 6.23 Å². The van der Waals surface area contributed by atoms with Crippen LogP contribution >= 0.6 is 0 Å². The van der Waals surface area contributed by atoms with Crippen LogP contribution in [0.3, 0.4) is 0 Å². The molecule has 0 spiro atoms. The fourth-order valence-electron chi connectivity index (χ4n) is 7.15. The minimum Gasteiger partial charge on any atom is -0.352 e. The molecule has 1 aliphatic heterocycles. The molecule has 51 heavy (non-hydrogen) atoms. The molecule has 1 aromatic heterocycles. The van der Waals surface area contributed by atoms with Crippen LogP contribution < -0.4 is 11.2 Å². The first-order chi connectivity index (χ1) is 25.0. The monoisotopic (exact) mass is 721 g/mol. The lowest BCUT2D eigenvalue weighted by molar-refractivity contribution is -0.308. The van der Waals surface area contributed by atoms with E-state index in [9.17, 15) is 9.59 Å². The van der Waals surface area contributed by atoms with E-state index in [1.165, 1.54) is 159 Å². The first-order valence-corrected chi connectivity index (χ1v) is 21.8. The fraction of sp³-hybridized carbons (Fsp3) is 0.907. The van der Waals surface area contributed by atoms with E-state index in [-0.39, 0.29) is 17.8 Å². The summed E-state index contributed by atoms with van der Waals surface area (Å²) in [5, 5.41) is 0. The van der Waals surface area contributed by atoms with Gasteiger partial charge in [-0.05, 0) is 26.7 Å². The molecule has 0 unspecified atom stereocenters. The third kappa shape index (κ3) is 22.4. The average Bonchev–Trinajstić information content (AvgIpc) is 3.48. The fourth-order valence-corrected chi connectivity index (χ4v) is 7.15. The molecule has 8 heteroatoms. The van der Waals surface area contributed by atoms with Crippen molar-refractivity contribution in [1.29, 1.82) is 0 Å². The third-order valence-electron chi connectivity index (χ3n) is 10.6. The molecule has 0 saturated carbocycles. The lowest BCUT2D eigenvalue weighted by atomic mass is 10.0. The molecular weight excluding hydrogens is 640 g/mol. The minimum atomic E-state index is -0.752. The summed E-state index contributed by atoms with van der Waals surface area (Å²) in [4.78, 5) is 26.7. The highest BCUT2D eigenvalue weighted by Gasteiger charge is 2.36. The van der Waals surface area contributed by atoms with Crippen LogP contribution in [0.15, 0.2) is 15.8 Å². The van der Waals surface area contributed by atoms with Gasteiger partial charge in [-0.15, -0.1) is 0 Å². The first-order valence-electron chi connectivity index (χ1n) is 21.8. The molecule has 1 aromatic rings. The van der Waals surface area contributed by atoms with Crippen molar-refractivity contribution in [1.82, 2.24) is 9.55 Å².